The zero-order valence-corrected chi connectivity index (χ0v) is 33.6. The zero-order chi connectivity index (χ0) is 41.4. The second-order valence-electron chi connectivity index (χ2n) is 14.5. The highest BCUT2D eigenvalue weighted by molar-refractivity contribution is 5.81. The molecule has 0 spiro atoms. The summed E-state index contributed by atoms with van der Waals surface area (Å²) in [7, 11) is 7.72. The zero-order valence-electron chi connectivity index (χ0n) is 33.6. The van der Waals surface area contributed by atoms with Crippen LogP contribution in [0.5, 0.6) is 46.0 Å². The first-order chi connectivity index (χ1) is 28.7. The molecule has 15 nitrogen and oxygen atoms in total. The highest BCUT2D eigenvalue weighted by Gasteiger charge is 2.53. The van der Waals surface area contributed by atoms with E-state index >= 15 is 0 Å². The van der Waals surface area contributed by atoms with Crippen LogP contribution in [0, 0.1) is 18.8 Å². The van der Waals surface area contributed by atoms with Crippen molar-refractivity contribution in [1.82, 2.24) is 14.9 Å². The molecule has 0 bridgehead atoms. The molecule has 0 saturated carbocycles. The summed E-state index contributed by atoms with van der Waals surface area (Å²) in [4.78, 5) is 45.7. The van der Waals surface area contributed by atoms with Crippen molar-refractivity contribution in [2.24, 2.45) is 11.8 Å². The molecule has 1 amide bonds. The molecule has 1 saturated heterocycles. The number of carbonyl (C=O) groups excluding carboxylic acids is 2. The van der Waals surface area contributed by atoms with E-state index in [0.717, 1.165) is 16.7 Å². The Labute approximate surface area is 340 Å². The number of hydrogen-bond donors (Lipinski definition) is 1. The Hall–Kier alpha value is -6.64. The normalized spacial score (nSPS) is 18.7. The molecule has 1 aliphatic carbocycles. The van der Waals surface area contributed by atoms with Gasteiger partial charge in [0.2, 0.25) is 18.4 Å². The summed E-state index contributed by atoms with van der Waals surface area (Å²) in [6.07, 6.45) is 1.32. The number of nitrogens with one attached hydrogen (secondary N) is 1. The predicted molar refractivity (Wildman–Crippen MR) is 214 cm³/mol. The third-order valence-corrected chi connectivity index (χ3v) is 11.2. The van der Waals surface area contributed by atoms with Crippen molar-refractivity contribution in [3.63, 3.8) is 0 Å². The Morgan fingerprint density at radius 1 is 0.797 bits per heavy atom. The van der Waals surface area contributed by atoms with Crippen molar-refractivity contribution in [3.05, 3.63) is 93.5 Å². The van der Waals surface area contributed by atoms with Gasteiger partial charge in [-0.2, -0.15) is 0 Å². The van der Waals surface area contributed by atoms with Gasteiger partial charge in [0.05, 0.1) is 77.3 Å². The second kappa shape index (κ2) is 16.3. The molecule has 3 aliphatic rings. The Bertz CT molecular complexity index is 2450. The Morgan fingerprint density at radius 3 is 2.15 bits per heavy atom. The largest absolute Gasteiger partial charge is 0.497 e. The molecule has 4 atom stereocenters. The molecule has 0 unspecified atom stereocenters. The van der Waals surface area contributed by atoms with Gasteiger partial charge in [-0.05, 0) is 78.9 Å². The van der Waals surface area contributed by atoms with Gasteiger partial charge in [-0.25, -0.2) is 4.98 Å². The van der Waals surface area contributed by atoms with E-state index in [1.54, 1.807) is 71.8 Å². The number of aryl methyl sites for hydroxylation is 1. The summed E-state index contributed by atoms with van der Waals surface area (Å²) in [6, 6.07) is 17.4. The van der Waals surface area contributed by atoms with Gasteiger partial charge in [-0.3, -0.25) is 19.0 Å². The SMILES string of the molecule is COc1cc(OC)cc(-n2c(C)nc3ccc(OCCCCC(=O)N[C@@H]4c5cc6c(cc5[C@@H](c5cc(OC)c(OC)c(OC)c5)[C@H]5C(=O)OC[C@@H]54)OCO6)cc3c2=O)c1. The van der Waals surface area contributed by atoms with Gasteiger partial charge in [0.25, 0.3) is 5.56 Å². The first kappa shape index (κ1) is 39.2. The van der Waals surface area contributed by atoms with Crippen LogP contribution in [0.15, 0.2) is 65.5 Å². The van der Waals surface area contributed by atoms with Crippen LogP contribution in [-0.2, 0) is 14.3 Å². The van der Waals surface area contributed by atoms with Crippen molar-refractivity contribution < 1.29 is 52.2 Å². The summed E-state index contributed by atoms with van der Waals surface area (Å²) in [6.45, 7) is 2.28. The Kier molecular flexibility index (Phi) is 10.8. The number of unbranched alkanes of at least 4 members (excludes halogenated alkanes) is 1. The van der Waals surface area contributed by atoms with Crippen molar-refractivity contribution in [3.8, 4) is 51.7 Å². The van der Waals surface area contributed by atoms with Crippen LogP contribution in [0.3, 0.4) is 0 Å². The fourth-order valence-electron chi connectivity index (χ4n) is 8.44. The molecule has 1 fully saturated rings. The first-order valence-corrected chi connectivity index (χ1v) is 19.2. The molecule has 5 aromatic rings. The average Bonchev–Trinajstić information content (AvgIpc) is 3.88. The number of carbonyl (C=O) groups is 2. The van der Waals surface area contributed by atoms with Crippen LogP contribution in [0.4, 0.5) is 0 Å². The first-order valence-electron chi connectivity index (χ1n) is 19.2. The van der Waals surface area contributed by atoms with E-state index in [-0.39, 0.29) is 43.2 Å². The third-order valence-electron chi connectivity index (χ3n) is 11.2. The van der Waals surface area contributed by atoms with Crippen LogP contribution in [-0.4, -0.2) is 77.0 Å². The van der Waals surface area contributed by atoms with Crippen LogP contribution < -0.4 is 48.8 Å². The topological polar surface area (TPSA) is 164 Å². The number of fused-ring (bicyclic) bond motifs is 4. The number of amides is 1. The lowest BCUT2D eigenvalue weighted by molar-refractivity contribution is -0.141. The van der Waals surface area contributed by atoms with E-state index in [1.165, 1.54) is 11.7 Å². The average molecular weight is 808 g/mol. The quantitative estimate of drug-likeness (QED) is 0.106. The van der Waals surface area contributed by atoms with Gasteiger partial charge >= 0.3 is 5.97 Å². The van der Waals surface area contributed by atoms with Crippen LogP contribution in [0.25, 0.3) is 16.6 Å². The number of ether oxygens (including phenoxy) is 9. The minimum Gasteiger partial charge on any atom is -0.497 e. The van der Waals surface area contributed by atoms with Crippen molar-refractivity contribution >= 4 is 22.8 Å². The lowest BCUT2D eigenvalue weighted by Crippen LogP contribution is -2.42. The molecule has 4 aromatic carbocycles. The van der Waals surface area contributed by atoms with Crippen molar-refractivity contribution in [1.29, 1.82) is 0 Å². The standard InChI is InChI=1S/C44H45N3O12/c1-23-45-33-11-10-26(18-31(33)43(49)47(23)25-15-27(51-2)17-28(16-25)52-3)56-12-8-7-9-38(48)46-41-30-20-35-34(58-22-59-35)19-29(30)39(40-32(41)21-57-44(40)50)24-13-36(53-4)42(55-6)37(14-24)54-5/h10-11,13-20,32,39-41H,7-9,12,21-22H2,1-6H3,(H,46,48)/t32-,39+,40-,41+/m0/s1. The fourth-order valence-corrected chi connectivity index (χ4v) is 8.44. The molecule has 308 valence electrons. The van der Waals surface area contributed by atoms with E-state index in [0.29, 0.717) is 87.9 Å². The lowest BCUT2D eigenvalue weighted by Gasteiger charge is -2.39. The highest BCUT2D eigenvalue weighted by atomic mass is 16.7. The van der Waals surface area contributed by atoms with Gasteiger partial charge in [0.1, 0.15) is 23.1 Å². The minimum atomic E-state index is -0.618. The number of methoxy groups -OCH3 is 5. The summed E-state index contributed by atoms with van der Waals surface area (Å²) < 4.78 is 52.5. The van der Waals surface area contributed by atoms with Crippen LogP contribution in [0.2, 0.25) is 0 Å². The summed E-state index contributed by atoms with van der Waals surface area (Å²) in [5.74, 6) is 2.57. The third kappa shape index (κ3) is 7.25. The number of cyclic esters (lactones) is 1. The molecule has 8 rings (SSSR count). The van der Waals surface area contributed by atoms with Gasteiger partial charge in [-0.1, -0.05) is 0 Å². The van der Waals surface area contributed by atoms with Gasteiger partial charge in [0.15, 0.2) is 23.0 Å². The Balaban J connectivity index is 0.974. The summed E-state index contributed by atoms with van der Waals surface area (Å²) >= 11 is 0. The molecule has 0 radical (unpaired) electrons. The maximum Gasteiger partial charge on any atom is 0.310 e. The van der Waals surface area contributed by atoms with E-state index in [9.17, 15) is 14.4 Å². The fraction of sp³-hybridized carbons (Fsp3) is 0.364. The highest BCUT2D eigenvalue weighted by Crippen LogP contribution is 2.55. The second-order valence-corrected chi connectivity index (χ2v) is 14.5. The van der Waals surface area contributed by atoms with E-state index < -0.39 is 17.9 Å². The summed E-state index contributed by atoms with van der Waals surface area (Å²) in [5, 5.41) is 3.62. The predicted octanol–water partition coefficient (Wildman–Crippen LogP) is 5.81. The number of esters is 1. The van der Waals surface area contributed by atoms with Gasteiger partial charge < -0.3 is 47.9 Å². The number of hydrogen-bond acceptors (Lipinski definition) is 13. The minimum absolute atomic E-state index is 0.0634. The lowest BCUT2D eigenvalue weighted by atomic mass is 9.65. The van der Waals surface area contributed by atoms with Crippen LogP contribution >= 0.6 is 0 Å². The van der Waals surface area contributed by atoms with Crippen molar-refractivity contribution in [2.45, 2.75) is 38.1 Å². The number of nitrogens with zero attached hydrogens (tertiary/aromatic N) is 2. The monoisotopic (exact) mass is 807 g/mol. The van der Waals surface area contributed by atoms with Crippen molar-refractivity contribution in [2.75, 3.05) is 55.6 Å². The smallest absolute Gasteiger partial charge is 0.310 e. The summed E-state index contributed by atoms with van der Waals surface area (Å²) in [5.41, 5.74) is 3.23. The molecular weight excluding hydrogens is 762 g/mol. The number of aromatic nitrogens is 2. The molecule has 3 heterocycles. The van der Waals surface area contributed by atoms with E-state index in [1.807, 2.05) is 24.3 Å². The maximum absolute atomic E-state index is 13.8. The molecule has 15 heteroatoms. The number of benzene rings is 4. The van der Waals surface area contributed by atoms with Crippen LogP contribution in [0.1, 0.15) is 53.7 Å². The van der Waals surface area contributed by atoms with E-state index in [4.69, 9.17) is 42.6 Å². The maximum atomic E-state index is 13.8. The number of rotatable bonds is 14. The molecule has 59 heavy (non-hydrogen) atoms. The molecule has 1 aromatic heterocycles. The molecule has 2 aliphatic heterocycles. The molecular formula is C44H45N3O12. The van der Waals surface area contributed by atoms with Gasteiger partial charge in [0, 0.05) is 36.5 Å². The van der Waals surface area contributed by atoms with E-state index in [2.05, 4.69) is 10.3 Å². The Morgan fingerprint density at radius 2 is 1.49 bits per heavy atom. The van der Waals surface area contributed by atoms with Gasteiger partial charge in [-0.15, -0.1) is 0 Å². The molecule has 1 N–H and O–H groups in total.